The Kier molecular flexibility index (Phi) is 6.13. The number of carbonyl (C=O) groups excluding carboxylic acids is 1. The summed E-state index contributed by atoms with van der Waals surface area (Å²) in [6, 6.07) is 4.67. The molecule has 110 valence electrons. The van der Waals surface area contributed by atoms with E-state index < -0.39 is 0 Å². The predicted molar refractivity (Wildman–Crippen MR) is 79.3 cm³/mol. The molecule has 0 aliphatic carbocycles. The molecule has 1 aromatic rings. The van der Waals surface area contributed by atoms with Gasteiger partial charge in [-0.15, -0.1) is 0 Å². The van der Waals surface area contributed by atoms with Crippen LogP contribution in [0.25, 0.3) is 0 Å². The van der Waals surface area contributed by atoms with Gasteiger partial charge >= 0.3 is 0 Å². The molecule has 3 nitrogen and oxygen atoms in total. The third-order valence-corrected chi connectivity index (χ3v) is 4.01. The first-order chi connectivity index (χ1) is 9.65. The molecule has 1 aliphatic heterocycles. The van der Waals surface area contributed by atoms with Gasteiger partial charge in [0, 0.05) is 12.8 Å². The lowest BCUT2D eigenvalue weighted by atomic mass is 10.1. The van der Waals surface area contributed by atoms with Crippen molar-refractivity contribution in [2.75, 3.05) is 19.7 Å². The van der Waals surface area contributed by atoms with Crippen molar-refractivity contribution < 1.29 is 13.9 Å². The van der Waals surface area contributed by atoms with Crippen LogP contribution in [0, 0.1) is 5.82 Å². The van der Waals surface area contributed by atoms with Gasteiger partial charge in [-0.05, 0) is 59.6 Å². The Morgan fingerprint density at radius 2 is 2.15 bits per heavy atom. The van der Waals surface area contributed by atoms with Crippen LogP contribution in [0.5, 0.6) is 0 Å². The number of hydrogen-bond donors (Lipinski definition) is 1. The third-order valence-electron chi connectivity index (χ3n) is 3.41. The van der Waals surface area contributed by atoms with Crippen molar-refractivity contribution in [3.63, 3.8) is 0 Å². The summed E-state index contributed by atoms with van der Waals surface area (Å²) < 4.78 is 19.2. The Bertz CT molecular complexity index is 461. The minimum absolute atomic E-state index is 0.123. The highest BCUT2D eigenvalue weighted by molar-refractivity contribution is 9.10. The maximum Gasteiger partial charge on any atom is 0.139 e. The van der Waals surface area contributed by atoms with Gasteiger partial charge in [-0.3, -0.25) is 4.79 Å². The van der Waals surface area contributed by atoms with Gasteiger partial charge in [-0.1, -0.05) is 6.07 Å². The summed E-state index contributed by atoms with van der Waals surface area (Å²) in [5.74, 6) is -0.187. The molecule has 1 saturated heterocycles. The number of benzene rings is 1. The van der Waals surface area contributed by atoms with Crippen LogP contribution >= 0.6 is 15.9 Å². The van der Waals surface area contributed by atoms with Gasteiger partial charge in [0.05, 0.1) is 17.2 Å². The monoisotopic (exact) mass is 343 g/mol. The second-order valence-electron chi connectivity index (χ2n) is 5.03. The topological polar surface area (TPSA) is 38.3 Å². The highest BCUT2D eigenvalue weighted by atomic mass is 79.9. The van der Waals surface area contributed by atoms with Crippen LogP contribution in [-0.4, -0.2) is 31.6 Å². The van der Waals surface area contributed by atoms with E-state index in [1.807, 2.05) is 0 Å². The van der Waals surface area contributed by atoms with E-state index in [9.17, 15) is 9.18 Å². The summed E-state index contributed by atoms with van der Waals surface area (Å²) in [5, 5.41) is 3.27. The fourth-order valence-corrected chi connectivity index (χ4v) is 2.69. The molecule has 0 amide bonds. The Hall–Kier alpha value is -0.780. The molecule has 1 fully saturated rings. The molecule has 1 heterocycles. The molecule has 1 aliphatic rings. The SMILES string of the molecule is O=C(CCOC1CCNCC1)Cc1ccc(F)c(Br)c1. The van der Waals surface area contributed by atoms with Crippen molar-refractivity contribution in [3.8, 4) is 0 Å². The summed E-state index contributed by atoms with van der Waals surface area (Å²) in [5.41, 5.74) is 0.824. The first-order valence-electron chi connectivity index (χ1n) is 6.93. The first kappa shape index (κ1) is 15.6. The van der Waals surface area contributed by atoms with Crippen LogP contribution < -0.4 is 5.32 Å². The number of nitrogens with one attached hydrogen (secondary N) is 1. The molecular formula is C15H19BrFNO2. The summed E-state index contributed by atoms with van der Waals surface area (Å²) in [4.78, 5) is 11.8. The zero-order valence-corrected chi connectivity index (χ0v) is 12.9. The zero-order valence-electron chi connectivity index (χ0n) is 11.3. The largest absolute Gasteiger partial charge is 0.378 e. The lowest BCUT2D eigenvalue weighted by molar-refractivity contribution is -0.120. The molecule has 1 aromatic carbocycles. The van der Waals surface area contributed by atoms with Gasteiger partial charge in [-0.2, -0.15) is 0 Å². The average Bonchev–Trinajstić information content (AvgIpc) is 2.44. The van der Waals surface area contributed by atoms with Crippen LogP contribution in [0.15, 0.2) is 22.7 Å². The second kappa shape index (κ2) is 7.86. The van der Waals surface area contributed by atoms with Crippen LogP contribution in [0.3, 0.4) is 0 Å². The highest BCUT2D eigenvalue weighted by Crippen LogP contribution is 2.17. The van der Waals surface area contributed by atoms with E-state index >= 15 is 0 Å². The number of ether oxygens (including phenoxy) is 1. The first-order valence-corrected chi connectivity index (χ1v) is 7.72. The van der Waals surface area contributed by atoms with E-state index in [2.05, 4.69) is 21.2 Å². The lowest BCUT2D eigenvalue weighted by Gasteiger charge is -2.22. The predicted octanol–water partition coefficient (Wildman–Crippen LogP) is 2.86. The minimum atomic E-state index is -0.310. The molecule has 0 spiro atoms. The highest BCUT2D eigenvalue weighted by Gasteiger charge is 2.14. The van der Waals surface area contributed by atoms with Crippen molar-refractivity contribution >= 4 is 21.7 Å². The fourth-order valence-electron chi connectivity index (χ4n) is 2.27. The Labute approximate surface area is 127 Å². The Morgan fingerprint density at radius 3 is 2.85 bits per heavy atom. The number of Topliss-reactive ketones (excluding diaryl/α,β-unsaturated/α-hetero) is 1. The lowest BCUT2D eigenvalue weighted by Crippen LogP contribution is -2.32. The van der Waals surface area contributed by atoms with Gasteiger partial charge in [-0.25, -0.2) is 4.39 Å². The maximum atomic E-state index is 13.1. The average molecular weight is 344 g/mol. The number of hydrogen-bond acceptors (Lipinski definition) is 3. The third kappa shape index (κ3) is 4.96. The standard InChI is InChI=1S/C15H19BrFNO2/c16-14-10-11(1-2-15(14)17)9-12(19)5-8-20-13-3-6-18-7-4-13/h1-2,10,13,18H,3-9H2. The van der Waals surface area contributed by atoms with Gasteiger partial charge in [0.1, 0.15) is 11.6 Å². The summed E-state index contributed by atoms with van der Waals surface area (Å²) in [6.45, 7) is 2.45. The number of ketones is 1. The second-order valence-corrected chi connectivity index (χ2v) is 5.89. The van der Waals surface area contributed by atoms with E-state index in [-0.39, 0.29) is 17.7 Å². The molecule has 2 rings (SSSR count). The van der Waals surface area contributed by atoms with Crippen molar-refractivity contribution in [2.24, 2.45) is 0 Å². The molecule has 0 atom stereocenters. The van der Waals surface area contributed by atoms with E-state index in [4.69, 9.17) is 4.74 Å². The summed E-state index contributed by atoms with van der Waals surface area (Å²) in [7, 11) is 0. The molecule has 0 unspecified atom stereocenters. The van der Waals surface area contributed by atoms with E-state index in [0.29, 0.717) is 23.9 Å². The van der Waals surface area contributed by atoms with E-state index in [0.717, 1.165) is 31.5 Å². The smallest absolute Gasteiger partial charge is 0.139 e. The Balaban J connectivity index is 1.70. The molecule has 0 bridgehead atoms. The minimum Gasteiger partial charge on any atom is -0.378 e. The molecule has 0 saturated carbocycles. The van der Waals surface area contributed by atoms with Crippen LogP contribution in [0.4, 0.5) is 4.39 Å². The number of rotatable bonds is 6. The molecule has 1 N–H and O–H groups in total. The molecule has 0 aromatic heterocycles. The van der Waals surface area contributed by atoms with Crippen molar-refractivity contribution in [1.82, 2.24) is 5.32 Å². The molecule has 5 heteroatoms. The van der Waals surface area contributed by atoms with Gasteiger partial charge < -0.3 is 10.1 Å². The molecule has 20 heavy (non-hydrogen) atoms. The van der Waals surface area contributed by atoms with Crippen LogP contribution in [0.1, 0.15) is 24.8 Å². The fraction of sp³-hybridized carbons (Fsp3) is 0.533. The van der Waals surface area contributed by atoms with Gasteiger partial charge in [0.15, 0.2) is 0 Å². The number of carbonyl (C=O) groups is 1. The van der Waals surface area contributed by atoms with Crippen molar-refractivity contribution in [3.05, 3.63) is 34.1 Å². The number of halogens is 2. The summed E-state index contributed by atoms with van der Waals surface area (Å²) in [6.07, 6.45) is 3.05. The van der Waals surface area contributed by atoms with Gasteiger partial charge in [0.25, 0.3) is 0 Å². The zero-order chi connectivity index (χ0) is 14.4. The quantitative estimate of drug-likeness (QED) is 0.863. The number of piperidine rings is 1. The molecule has 0 radical (unpaired) electrons. The van der Waals surface area contributed by atoms with E-state index in [1.54, 1.807) is 12.1 Å². The van der Waals surface area contributed by atoms with Crippen molar-refractivity contribution in [1.29, 1.82) is 0 Å². The van der Waals surface area contributed by atoms with Gasteiger partial charge in [0.2, 0.25) is 0 Å². The van der Waals surface area contributed by atoms with Crippen LogP contribution in [0.2, 0.25) is 0 Å². The van der Waals surface area contributed by atoms with Crippen molar-refractivity contribution in [2.45, 2.75) is 31.8 Å². The summed E-state index contributed by atoms with van der Waals surface area (Å²) >= 11 is 3.12. The normalized spacial score (nSPS) is 16.3. The Morgan fingerprint density at radius 1 is 1.40 bits per heavy atom. The van der Waals surface area contributed by atoms with E-state index in [1.165, 1.54) is 6.07 Å². The maximum absolute atomic E-state index is 13.1. The molecular weight excluding hydrogens is 325 g/mol. The van der Waals surface area contributed by atoms with Crippen LogP contribution in [-0.2, 0) is 16.0 Å².